The van der Waals surface area contributed by atoms with Gasteiger partial charge >= 0.3 is 0 Å². The first-order valence-electron chi connectivity index (χ1n) is 10.6. The molecule has 9 heteroatoms. The Hall–Kier alpha value is -2.49. The first-order valence-corrected chi connectivity index (χ1v) is 12.0. The smallest absolute Gasteiger partial charge is 0.270 e. The molecule has 0 atom stereocenters. The molecular weight excluding hydrogens is 418 g/mol. The van der Waals surface area contributed by atoms with Crippen LogP contribution in [0.3, 0.4) is 0 Å². The van der Waals surface area contributed by atoms with E-state index in [1.807, 2.05) is 18.2 Å². The van der Waals surface area contributed by atoms with Crippen LogP contribution in [-0.4, -0.2) is 57.0 Å². The van der Waals surface area contributed by atoms with E-state index in [1.165, 1.54) is 22.0 Å². The van der Waals surface area contributed by atoms with E-state index in [0.29, 0.717) is 24.8 Å². The third kappa shape index (κ3) is 4.89. The Kier molecular flexibility index (Phi) is 6.54. The summed E-state index contributed by atoms with van der Waals surface area (Å²) in [5, 5.41) is 11.3. The fourth-order valence-corrected chi connectivity index (χ4v) is 5.97. The highest BCUT2D eigenvalue weighted by molar-refractivity contribution is 7.89. The van der Waals surface area contributed by atoms with Gasteiger partial charge in [0.05, 0.1) is 23.8 Å². The standard InChI is InChI=1S/C22H27N3O5S/c26-25(27)20-6-7-21(22(17-20)31(28,29)24-12-14-30-15-13-24)23-10-8-19(9-11-23)16-18-4-2-1-3-5-18/h1-7,17,19H,8-16H2. The molecule has 8 nitrogen and oxygen atoms in total. The van der Waals surface area contributed by atoms with Gasteiger partial charge in [-0.3, -0.25) is 10.1 Å². The Morgan fingerprint density at radius 3 is 2.32 bits per heavy atom. The van der Waals surface area contributed by atoms with Gasteiger partial charge in [-0.1, -0.05) is 30.3 Å². The molecule has 0 saturated carbocycles. The van der Waals surface area contributed by atoms with E-state index in [4.69, 9.17) is 4.74 Å². The molecule has 2 aliphatic rings. The van der Waals surface area contributed by atoms with Crippen molar-refractivity contribution in [2.24, 2.45) is 5.92 Å². The number of nitro benzene ring substituents is 1. The van der Waals surface area contributed by atoms with Gasteiger partial charge in [-0.05, 0) is 36.8 Å². The molecule has 4 rings (SSSR count). The van der Waals surface area contributed by atoms with Gasteiger partial charge in [0.1, 0.15) is 4.90 Å². The minimum atomic E-state index is -3.85. The molecule has 2 aromatic rings. The van der Waals surface area contributed by atoms with Crippen molar-refractivity contribution in [2.45, 2.75) is 24.2 Å². The fraction of sp³-hybridized carbons (Fsp3) is 0.455. The number of hydrogen-bond acceptors (Lipinski definition) is 6. The molecular formula is C22H27N3O5S. The van der Waals surface area contributed by atoms with Crippen molar-refractivity contribution in [3.8, 4) is 0 Å². The van der Waals surface area contributed by atoms with Crippen molar-refractivity contribution in [2.75, 3.05) is 44.3 Å². The number of morpholine rings is 1. The molecule has 166 valence electrons. The average molecular weight is 446 g/mol. The molecule has 31 heavy (non-hydrogen) atoms. The van der Waals surface area contributed by atoms with Crippen LogP contribution < -0.4 is 4.90 Å². The summed E-state index contributed by atoms with van der Waals surface area (Å²) >= 11 is 0. The van der Waals surface area contributed by atoms with E-state index in [2.05, 4.69) is 17.0 Å². The molecule has 2 fully saturated rings. The lowest BCUT2D eigenvalue weighted by Gasteiger charge is -2.35. The minimum Gasteiger partial charge on any atom is -0.379 e. The van der Waals surface area contributed by atoms with Crippen molar-refractivity contribution in [3.05, 3.63) is 64.2 Å². The fourth-order valence-electron chi connectivity index (χ4n) is 4.34. The molecule has 2 heterocycles. The van der Waals surface area contributed by atoms with Crippen LogP contribution in [0.4, 0.5) is 11.4 Å². The van der Waals surface area contributed by atoms with Crippen molar-refractivity contribution < 1.29 is 18.1 Å². The van der Waals surface area contributed by atoms with Crippen LogP contribution >= 0.6 is 0 Å². The molecule has 2 aliphatic heterocycles. The van der Waals surface area contributed by atoms with Gasteiger partial charge in [-0.25, -0.2) is 8.42 Å². The van der Waals surface area contributed by atoms with Crippen molar-refractivity contribution in [1.29, 1.82) is 0 Å². The Labute approximate surface area is 182 Å². The van der Waals surface area contributed by atoms with Gasteiger partial charge in [-0.15, -0.1) is 0 Å². The molecule has 2 saturated heterocycles. The molecule has 0 unspecified atom stereocenters. The predicted molar refractivity (Wildman–Crippen MR) is 118 cm³/mol. The summed E-state index contributed by atoms with van der Waals surface area (Å²) in [5.74, 6) is 0.538. The van der Waals surface area contributed by atoms with E-state index in [9.17, 15) is 18.5 Å². The number of ether oxygens (including phenoxy) is 1. The van der Waals surface area contributed by atoms with Crippen molar-refractivity contribution in [1.82, 2.24) is 4.31 Å². The lowest BCUT2D eigenvalue weighted by atomic mass is 9.90. The van der Waals surface area contributed by atoms with Crippen molar-refractivity contribution in [3.63, 3.8) is 0 Å². The van der Waals surface area contributed by atoms with Crippen LogP contribution in [0.1, 0.15) is 18.4 Å². The SMILES string of the molecule is O=[N+]([O-])c1ccc(N2CCC(Cc3ccccc3)CC2)c(S(=O)(=O)N2CCOCC2)c1. The van der Waals surface area contributed by atoms with Crippen molar-refractivity contribution >= 4 is 21.4 Å². The molecule has 2 aromatic carbocycles. The summed E-state index contributed by atoms with van der Waals surface area (Å²) in [6, 6.07) is 14.6. The summed E-state index contributed by atoms with van der Waals surface area (Å²) in [4.78, 5) is 12.8. The van der Waals surface area contributed by atoms with Crippen LogP contribution in [0, 0.1) is 16.0 Å². The van der Waals surface area contributed by atoms with Crippen LogP contribution in [0.2, 0.25) is 0 Å². The van der Waals surface area contributed by atoms with Gasteiger partial charge in [0, 0.05) is 38.3 Å². The molecule has 0 bridgehead atoms. The number of nitrogens with zero attached hydrogens (tertiary/aromatic N) is 3. The number of non-ortho nitro benzene ring substituents is 1. The zero-order chi connectivity index (χ0) is 21.8. The lowest BCUT2D eigenvalue weighted by molar-refractivity contribution is -0.385. The lowest BCUT2D eigenvalue weighted by Crippen LogP contribution is -2.42. The summed E-state index contributed by atoms with van der Waals surface area (Å²) in [6.07, 6.45) is 2.90. The van der Waals surface area contributed by atoms with E-state index in [0.717, 1.165) is 32.4 Å². The predicted octanol–water partition coefficient (Wildman–Crippen LogP) is 3.07. The molecule has 0 aliphatic carbocycles. The number of nitro groups is 1. The summed E-state index contributed by atoms with van der Waals surface area (Å²) in [5.41, 5.74) is 1.65. The van der Waals surface area contributed by atoms with E-state index >= 15 is 0 Å². The third-order valence-electron chi connectivity index (χ3n) is 6.06. The van der Waals surface area contributed by atoms with E-state index in [1.54, 1.807) is 6.07 Å². The second kappa shape index (κ2) is 9.33. The monoisotopic (exact) mass is 445 g/mol. The maximum Gasteiger partial charge on any atom is 0.270 e. The molecule has 0 amide bonds. The van der Waals surface area contributed by atoms with Gasteiger partial charge in [0.15, 0.2) is 0 Å². The van der Waals surface area contributed by atoms with Crippen LogP contribution in [0.15, 0.2) is 53.4 Å². The van der Waals surface area contributed by atoms with Gasteiger partial charge in [0.25, 0.3) is 5.69 Å². The molecule has 0 spiro atoms. The summed E-state index contributed by atoms with van der Waals surface area (Å²) < 4.78 is 33.3. The van der Waals surface area contributed by atoms with Gasteiger partial charge in [-0.2, -0.15) is 4.31 Å². The second-order valence-electron chi connectivity index (χ2n) is 8.05. The zero-order valence-electron chi connectivity index (χ0n) is 17.4. The number of piperidine rings is 1. The normalized spacial score (nSPS) is 18.8. The maximum atomic E-state index is 13.4. The molecule has 0 radical (unpaired) electrons. The number of benzene rings is 2. The second-order valence-corrected chi connectivity index (χ2v) is 9.95. The van der Waals surface area contributed by atoms with E-state index in [-0.39, 0.29) is 23.7 Å². The topological polar surface area (TPSA) is 93.0 Å². The largest absolute Gasteiger partial charge is 0.379 e. The number of hydrogen-bond donors (Lipinski definition) is 0. The van der Waals surface area contributed by atoms with Crippen LogP contribution in [0.25, 0.3) is 0 Å². The van der Waals surface area contributed by atoms with Gasteiger partial charge in [0.2, 0.25) is 10.0 Å². The third-order valence-corrected chi connectivity index (χ3v) is 7.99. The highest BCUT2D eigenvalue weighted by atomic mass is 32.2. The highest BCUT2D eigenvalue weighted by Gasteiger charge is 2.32. The molecule has 0 aromatic heterocycles. The van der Waals surface area contributed by atoms with Crippen LogP contribution in [0.5, 0.6) is 0 Å². The molecule has 0 N–H and O–H groups in total. The number of rotatable bonds is 6. The first-order chi connectivity index (χ1) is 14.9. The maximum absolute atomic E-state index is 13.4. The average Bonchev–Trinajstić information content (AvgIpc) is 2.80. The zero-order valence-corrected chi connectivity index (χ0v) is 18.2. The Morgan fingerprint density at radius 1 is 1.00 bits per heavy atom. The van der Waals surface area contributed by atoms with Gasteiger partial charge < -0.3 is 9.64 Å². The van der Waals surface area contributed by atoms with Crippen LogP contribution in [-0.2, 0) is 21.2 Å². The summed E-state index contributed by atoms with van der Waals surface area (Å²) in [6.45, 7) is 2.61. The number of sulfonamides is 1. The van der Waals surface area contributed by atoms with E-state index < -0.39 is 14.9 Å². The first kappa shape index (κ1) is 21.7. The Balaban J connectivity index is 1.56. The quantitative estimate of drug-likeness (QED) is 0.501. The highest BCUT2D eigenvalue weighted by Crippen LogP contribution is 2.34. The number of anilines is 1. The Bertz CT molecular complexity index is 1010. The Morgan fingerprint density at radius 2 is 1.68 bits per heavy atom. The minimum absolute atomic E-state index is 0.0186. The summed E-state index contributed by atoms with van der Waals surface area (Å²) in [7, 11) is -3.85.